The zero-order valence-electron chi connectivity index (χ0n) is 16.5. The lowest BCUT2D eigenvalue weighted by molar-refractivity contribution is -0.0886. The third kappa shape index (κ3) is 3.55. The summed E-state index contributed by atoms with van der Waals surface area (Å²) < 4.78 is 26.6. The number of fused-ring (bicyclic) bond motifs is 2. The van der Waals surface area contributed by atoms with Crippen molar-refractivity contribution in [1.82, 2.24) is 14.3 Å². The number of para-hydroxylation sites is 1. The molecule has 0 unspecified atom stereocenters. The molecule has 0 aromatic heterocycles. The number of likely N-dealkylation sites (N-methyl/N-ethyl adjacent to an activating group) is 1. The maximum atomic E-state index is 12.6. The molecule has 0 saturated carbocycles. The van der Waals surface area contributed by atoms with E-state index in [4.69, 9.17) is 0 Å². The molecule has 0 aliphatic carbocycles. The Bertz CT molecular complexity index is 978. The number of hydrogen-bond donors (Lipinski definition) is 0. The molecular weight excluding hydrogens is 392 g/mol. The van der Waals surface area contributed by atoms with E-state index in [0.29, 0.717) is 4.90 Å². The first kappa shape index (κ1) is 19.7. The van der Waals surface area contributed by atoms with E-state index < -0.39 is 10.0 Å². The van der Waals surface area contributed by atoms with Gasteiger partial charge in [0.1, 0.15) is 0 Å². The number of anilines is 2. The van der Waals surface area contributed by atoms with Gasteiger partial charge in [0.15, 0.2) is 0 Å². The standard InChI is InChI=1S/C20H26N4O2S2/c1-21(2)28(25,26)16-9-10-20-18(15-16)24(12-6-11-23-14-13-22(23)3)17-7-4-5-8-19(17)27-20/h4-5,7-10,15H,6,11-14H2,1-3H3. The minimum Gasteiger partial charge on any atom is -0.340 e. The van der Waals surface area contributed by atoms with Crippen LogP contribution in [-0.4, -0.2) is 70.1 Å². The summed E-state index contributed by atoms with van der Waals surface area (Å²) in [5, 5.41) is 4.59. The van der Waals surface area contributed by atoms with Gasteiger partial charge in [-0.2, -0.15) is 0 Å². The Balaban J connectivity index is 1.66. The van der Waals surface area contributed by atoms with Gasteiger partial charge in [-0.05, 0) is 36.8 Å². The van der Waals surface area contributed by atoms with Crippen LogP contribution in [0.2, 0.25) is 0 Å². The van der Waals surface area contributed by atoms with E-state index in [1.165, 1.54) is 9.20 Å². The van der Waals surface area contributed by atoms with Crippen molar-refractivity contribution < 1.29 is 8.42 Å². The molecule has 4 rings (SSSR count). The normalized spacial score (nSPS) is 17.4. The first-order valence-corrected chi connectivity index (χ1v) is 11.7. The number of hydrogen-bond acceptors (Lipinski definition) is 6. The van der Waals surface area contributed by atoms with Crippen LogP contribution >= 0.6 is 11.8 Å². The summed E-state index contributed by atoms with van der Waals surface area (Å²) in [7, 11) is 1.79. The summed E-state index contributed by atoms with van der Waals surface area (Å²) in [6.07, 6.45) is 1.01. The molecule has 2 aliphatic rings. The zero-order valence-corrected chi connectivity index (χ0v) is 18.1. The molecule has 0 bridgehead atoms. The van der Waals surface area contributed by atoms with E-state index in [0.717, 1.165) is 48.9 Å². The van der Waals surface area contributed by atoms with Crippen molar-refractivity contribution in [2.24, 2.45) is 0 Å². The lowest BCUT2D eigenvalue weighted by Gasteiger charge is -2.42. The molecule has 0 N–H and O–H groups in total. The van der Waals surface area contributed by atoms with E-state index >= 15 is 0 Å². The molecule has 2 aliphatic heterocycles. The van der Waals surface area contributed by atoms with Gasteiger partial charge in [0.05, 0.1) is 16.3 Å². The summed E-state index contributed by atoms with van der Waals surface area (Å²) in [5.41, 5.74) is 2.12. The Morgan fingerprint density at radius 2 is 1.75 bits per heavy atom. The molecule has 0 spiro atoms. The second kappa shape index (κ2) is 7.68. The smallest absolute Gasteiger partial charge is 0.242 e. The van der Waals surface area contributed by atoms with Gasteiger partial charge in [0, 0.05) is 57.1 Å². The van der Waals surface area contributed by atoms with E-state index in [1.807, 2.05) is 18.2 Å². The zero-order chi connectivity index (χ0) is 19.9. The van der Waals surface area contributed by atoms with Crippen molar-refractivity contribution in [1.29, 1.82) is 0 Å². The lowest BCUT2D eigenvalue weighted by atomic mass is 10.2. The summed E-state index contributed by atoms with van der Waals surface area (Å²) in [4.78, 5) is 4.91. The van der Waals surface area contributed by atoms with Gasteiger partial charge in [-0.15, -0.1) is 0 Å². The van der Waals surface area contributed by atoms with Gasteiger partial charge >= 0.3 is 0 Å². The minimum atomic E-state index is -3.46. The van der Waals surface area contributed by atoms with Crippen LogP contribution in [0.5, 0.6) is 0 Å². The molecule has 1 saturated heterocycles. The number of sulfonamides is 1. The van der Waals surface area contributed by atoms with Crippen LogP contribution in [0.4, 0.5) is 11.4 Å². The van der Waals surface area contributed by atoms with Crippen molar-refractivity contribution in [2.75, 3.05) is 52.2 Å². The first-order chi connectivity index (χ1) is 13.4. The molecular formula is C20H26N4O2S2. The van der Waals surface area contributed by atoms with Crippen LogP contribution in [0.15, 0.2) is 57.2 Å². The molecule has 0 radical (unpaired) electrons. The fourth-order valence-electron chi connectivity index (χ4n) is 3.56. The van der Waals surface area contributed by atoms with Crippen LogP contribution in [0.1, 0.15) is 6.42 Å². The van der Waals surface area contributed by atoms with Crippen LogP contribution in [-0.2, 0) is 10.0 Å². The molecule has 150 valence electrons. The summed E-state index contributed by atoms with van der Waals surface area (Å²) in [5.74, 6) is 0. The topological polar surface area (TPSA) is 47.1 Å². The average molecular weight is 419 g/mol. The molecule has 6 nitrogen and oxygen atoms in total. The van der Waals surface area contributed by atoms with Gasteiger partial charge in [-0.1, -0.05) is 23.9 Å². The van der Waals surface area contributed by atoms with Gasteiger partial charge in [-0.25, -0.2) is 22.7 Å². The SMILES string of the molecule is CN1CCN1CCCN1c2ccccc2Sc2ccc(S(=O)(=O)N(C)C)cc21. The summed E-state index contributed by atoms with van der Waals surface area (Å²) in [6.45, 7) is 4.09. The molecule has 2 heterocycles. The van der Waals surface area contributed by atoms with Gasteiger partial charge in [-0.3, -0.25) is 0 Å². The monoisotopic (exact) mass is 418 g/mol. The summed E-state index contributed by atoms with van der Waals surface area (Å²) >= 11 is 1.70. The van der Waals surface area contributed by atoms with Crippen molar-refractivity contribution in [3.8, 4) is 0 Å². The highest BCUT2D eigenvalue weighted by Crippen LogP contribution is 2.48. The Labute approximate surface area is 171 Å². The fraction of sp³-hybridized carbons (Fsp3) is 0.400. The van der Waals surface area contributed by atoms with E-state index in [2.05, 4.69) is 40.2 Å². The number of hydrazine groups is 1. The Kier molecular flexibility index (Phi) is 5.41. The largest absolute Gasteiger partial charge is 0.340 e. The first-order valence-electron chi connectivity index (χ1n) is 9.45. The van der Waals surface area contributed by atoms with E-state index in [-0.39, 0.29) is 0 Å². The highest BCUT2D eigenvalue weighted by Gasteiger charge is 2.27. The number of benzene rings is 2. The third-order valence-electron chi connectivity index (χ3n) is 5.34. The van der Waals surface area contributed by atoms with Crippen LogP contribution in [0, 0.1) is 0 Å². The Morgan fingerprint density at radius 1 is 1.00 bits per heavy atom. The fourth-order valence-corrected chi connectivity index (χ4v) is 5.55. The highest BCUT2D eigenvalue weighted by molar-refractivity contribution is 7.99. The predicted octanol–water partition coefficient (Wildman–Crippen LogP) is 3.09. The molecule has 28 heavy (non-hydrogen) atoms. The molecule has 1 fully saturated rings. The Morgan fingerprint density at radius 3 is 2.43 bits per heavy atom. The predicted molar refractivity (Wildman–Crippen MR) is 114 cm³/mol. The second-order valence-corrected chi connectivity index (χ2v) is 10.6. The van der Waals surface area contributed by atoms with Crippen LogP contribution in [0.25, 0.3) is 0 Å². The number of nitrogens with zero attached hydrogens (tertiary/aromatic N) is 4. The van der Waals surface area contributed by atoms with Gasteiger partial charge in [0.25, 0.3) is 0 Å². The van der Waals surface area contributed by atoms with E-state index in [1.54, 1.807) is 31.9 Å². The lowest BCUT2D eigenvalue weighted by Crippen LogP contribution is -2.55. The maximum Gasteiger partial charge on any atom is 0.242 e. The van der Waals surface area contributed by atoms with Crippen LogP contribution < -0.4 is 4.90 Å². The molecule has 2 aromatic carbocycles. The maximum absolute atomic E-state index is 12.6. The highest BCUT2D eigenvalue weighted by atomic mass is 32.2. The minimum absolute atomic E-state index is 0.337. The van der Waals surface area contributed by atoms with E-state index in [9.17, 15) is 8.42 Å². The molecule has 2 aromatic rings. The quantitative estimate of drug-likeness (QED) is 0.719. The van der Waals surface area contributed by atoms with Gasteiger partial charge < -0.3 is 4.90 Å². The van der Waals surface area contributed by atoms with Gasteiger partial charge in [0.2, 0.25) is 10.0 Å². The Hall–Kier alpha value is -1.58. The number of rotatable bonds is 6. The molecule has 0 amide bonds. The van der Waals surface area contributed by atoms with Crippen molar-refractivity contribution in [3.63, 3.8) is 0 Å². The van der Waals surface area contributed by atoms with Crippen molar-refractivity contribution >= 4 is 33.2 Å². The average Bonchev–Trinajstić information content (AvgIpc) is 2.68. The second-order valence-electron chi connectivity index (χ2n) is 7.33. The summed E-state index contributed by atoms with van der Waals surface area (Å²) in [6, 6.07) is 13.8. The molecule has 8 heteroatoms. The third-order valence-corrected chi connectivity index (χ3v) is 8.28. The van der Waals surface area contributed by atoms with Crippen LogP contribution in [0.3, 0.4) is 0 Å². The molecule has 0 atom stereocenters. The van der Waals surface area contributed by atoms with Crippen molar-refractivity contribution in [3.05, 3.63) is 42.5 Å². The van der Waals surface area contributed by atoms with Crippen molar-refractivity contribution in [2.45, 2.75) is 21.1 Å².